The molecule has 1 fully saturated rings. The first kappa shape index (κ1) is 21.9. The maximum Gasteiger partial charge on any atom is 0.236 e. The number of carbonyl (C=O) groups is 3. The molecule has 7 heteroatoms. The lowest BCUT2D eigenvalue weighted by molar-refractivity contribution is -0.136. The quantitative estimate of drug-likeness (QED) is 0.710. The smallest absolute Gasteiger partial charge is 0.236 e. The summed E-state index contributed by atoms with van der Waals surface area (Å²) in [6.45, 7) is 7.99. The van der Waals surface area contributed by atoms with Gasteiger partial charge in [0.1, 0.15) is 0 Å². The van der Waals surface area contributed by atoms with Crippen LogP contribution in [0.25, 0.3) is 0 Å². The molecule has 1 aliphatic heterocycles. The van der Waals surface area contributed by atoms with Gasteiger partial charge < -0.3 is 15.5 Å². The van der Waals surface area contributed by atoms with Gasteiger partial charge >= 0.3 is 0 Å². The van der Waals surface area contributed by atoms with Crippen LogP contribution in [0.2, 0.25) is 0 Å². The molecule has 1 aromatic carbocycles. The van der Waals surface area contributed by atoms with Crippen molar-refractivity contribution >= 4 is 23.4 Å². The lowest BCUT2D eigenvalue weighted by Gasteiger charge is -2.33. The van der Waals surface area contributed by atoms with Gasteiger partial charge in [0, 0.05) is 30.7 Å². The molecule has 0 radical (unpaired) electrons. The zero-order chi connectivity index (χ0) is 20.5. The first-order chi connectivity index (χ1) is 13.4. The van der Waals surface area contributed by atoms with Gasteiger partial charge in [0.25, 0.3) is 0 Å². The van der Waals surface area contributed by atoms with Crippen LogP contribution in [0.15, 0.2) is 30.3 Å². The molecule has 1 aliphatic rings. The van der Waals surface area contributed by atoms with Gasteiger partial charge in [0.2, 0.25) is 17.7 Å². The largest absolute Gasteiger partial charge is 0.353 e. The lowest BCUT2D eigenvalue weighted by Crippen LogP contribution is -2.48. The van der Waals surface area contributed by atoms with Crippen molar-refractivity contribution in [2.45, 2.75) is 39.7 Å². The molecule has 3 amide bonds. The number of rotatable bonds is 8. The van der Waals surface area contributed by atoms with Gasteiger partial charge in [-0.05, 0) is 45.4 Å². The number of nitrogens with one attached hydrogen (secondary N) is 2. The molecule has 0 saturated carbocycles. The van der Waals surface area contributed by atoms with Crippen molar-refractivity contribution in [1.82, 2.24) is 15.1 Å². The molecule has 0 spiro atoms. The van der Waals surface area contributed by atoms with Crippen molar-refractivity contribution in [3.63, 3.8) is 0 Å². The summed E-state index contributed by atoms with van der Waals surface area (Å²) in [6.07, 6.45) is 1.31. The van der Waals surface area contributed by atoms with Crippen molar-refractivity contribution in [1.29, 1.82) is 0 Å². The van der Waals surface area contributed by atoms with Crippen molar-refractivity contribution in [3.8, 4) is 0 Å². The average Bonchev–Trinajstić information content (AvgIpc) is 2.67. The fourth-order valence-corrected chi connectivity index (χ4v) is 3.30. The first-order valence-electron chi connectivity index (χ1n) is 10.0. The van der Waals surface area contributed by atoms with Crippen LogP contribution in [0.5, 0.6) is 0 Å². The maximum absolute atomic E-state index is 12.6. The molecule has 0 aromatic heterocycles. The number of carbonyl (C=O) groups excluding carboxylic acids is 3. The number of amides is 3. The molecule has 0 atom stereocenters. The van der Waals surface area contributed by atoms with E-state index < -0.39 is 0 Å². The monoisotopic (exact) mass is 388 g/mol. The standard InChI is InChI=1S/C21H32N4O3/c1-4-24(14-19(26)22-16(2)3)15-20(27)25-12-10-17(11-13-25)21(28)23-18-8-6-5-7-9-18/h5-9,16-17H,4,10-15H2,1-3H3,(H,22,26)(H,23,28). The Morgan fingerprint density at radius 1 is 1.11 bits per heavy atom. The molecule has 2 N–H and O–H groups in total. The molecule has 0 aliphatic carbocycles. The SMILES string of the molecule is CCN(CC(=O)NC(C)C)CC(=O)N1CCC(C(=O)Nc2ccccc2)CC1. The number of likely N-dealkylation sites (tertiary alicyclic amines) is 1. The van der Waals surface area contributed by atoms with E-state index in [1.807, 2.05) is 56.0 Å². The Bertz CT molecular complexity index is 655. The highest BCUT2D eigenvalue weighted by Gasteiger charge is 2.28. The van der Waals surface area contributed by atoms with Crippen LogP contribution in [0, 0.1) is 5.92 Å². The van der Waals surface area contributed by atoms with E-state index in [9.17, 15) is 14.4 Å². The lowest BCUT2D eigenvalue weighted by atomic mass is 9.95. The highest BCUT2D eigenvalue weighted by Crippen LogP contribution is 2.19. The van der Waals surface area contributed by atoms with Gasteiger partial charge in [-0.1, -0.05) is 25.1 Å². The van der Waals surface area contributed by atoms with Crippen LogP contribution >= 0.6 is 0 Å². The number of nitrogens with zero attached hydrogens (tertiary/aromatic N) is 2. The molecule has 1 aromatic rings. The minimum atomic E-state index is -0.0802. The van der Waals surface area contributed by atoms with Gasteiger partial charge in [0.05, 0.1) is 13.1 Å². The summed E-state index contributed by atoms with van der Waals surface area (Å²) in [5, 5.41) is 5.79. The van der Waals surface area contributed by atoms with Gasteiger partial charge in [-0.25, -0.2) is 0 Å². The van der Waals surface area contributed by atoms with Crippen LogP contribution in [0.4, 0.5) is 5.69 Å². The molecule has 28 heavy (non-hydrogen) atoms. The third kappa shape index (κ3) is 6.96. The molecular weight excluding hydrogens is 356 g/mol. The summed E-state index contributed by atoms with van der Waals surface area (Å²) in [6, 6.07) is 9.50. The molecule has 0 unspecified atom stereocenters. The van der Waals surface area contributed by atoms with Crippen LogP contribution in [0.3, 0.4) is 0 Å². The van der Waals surface area contributed by atoms with E-state index in [4.69, 9.17) is 0 Å². The normalized spacial score (nSPS) is 15.0. The van der Waals surface area contributed by atoms with Crippen molar-refractivity contribution in [2.24, 2.45) is 5.92 Å². The molecule has 0 bridgehead atoms. The van der Waals surface area contributed by atoms with Gasteiger partial charge in [-0.2, -0.15) is 0 Å². The van der Waals surface area contributed by atoms with E-state index in [1.165, 1.54) is 0 Å². The number of piperidine rings is 1. The summed E-state index contributed by atoms with van der Waals surface area (Å²) in [7, 11) is 0. The number of anilines is 1. The van der Waals surface area contributed by atoms with E-state index in [-0.39, 0.29) is 42.8 Å². The Labute approximate surface area is 167 Å². The van der Waals surface area contributed by atoms with E-state index in [1.54, 1.807) is 4.90 Å². The predicted molar refractivity (Wildman–Crippen MR) is 110 cm³/mol. The number of hydrogen-bond donors (Lipinski definition) is 2. The van der Waals surface area contributed by atoms with Crippen molar-refractivity contribution < 1.29 is 14.4 Å². The van der Waals surface area contributed by atoms with E-state index >= 15 is 0 Å². The Hall–Kier alpha value is -2.41. The Balaban J connectivity index is 1.77. The summed E-state index contributed by atoms with van der Waals surface area (Å²) in [5.74, 6) is -0.121. The zero-order valence-electron chi connectivity index (χ0n) is 17.1. The third-order valence-electron chi connectivity index (χ3n) is 4.88. The van der Waals surface area contributed by atoms with Gasteiger partial charge in [0.15, 0.2) is 0 Å². The van der Waals surface area contributed by atoms with Crippen LogP contribution < -0.4 is 10.6 Å². The second kappa shape index (κ2) is 10.8. The number of benzene rings is 1. The molecule has 2 rings (SSSR count). The second-order valence-corrected chi connectivity index (χ2v) is 7.54. The number of para-hydroxylation sites is 1. The summed E-state index contributed by atoms with van der Waals surface area (Å²) in [4.78, 5) is 40.6. The molecule has 154 valence electrons. The zero-order valence-corrected chi connectivity index (χ0v) is 17.1. The predicted octanol–water partition coefficient (Wildman–Crippen LogP) is 1.71. The van der Waals surface area contributed by atoms with E-state index in [0.717, 1.165) is 5.69 Å². The summed E-state index contributed by atoms with van der Waals surface area (Å²) < 4.78 is 0. The molecule has 1 saturated heterocycles. The maximum atomic E-state index is 12.6. The van der Waals surface area contributed by atoms with Crippen molar-refractivity contribution in [3.05, 3.63) is 30.3 Å². The molecular formula is C21H32N4O3. The van der Waals surface area contributed by atoms with Crippen LogP contribution in [-0.2, 0) is 14.4 Å². The molecule has 7 nitrogen and oxygen atoms in total. The fraction of sp³-hybridized carbons (Fsp3) is 0.571. The van der Waals surface area contributed by atoms with E-state index in [2.05, 4.69) is 10.6 Å². The topological polar surface area (TPSA) is 81.8 Å². The Morgan fingerprint density at radius 3 is 2.32 bits per heavy atom. The first-order valence-corrected chi connectivity index (χ1v) is 10.0. The highest BCUT2D eigenvalue weighted by molar-refractivity contribution is 5.92. The fourth-order valence-electron chi connectivity index (χ4n) is 3.30. The number of likely N-dealkylation sites (N-methyl/N-ethyl adjacent to an activating group) is 1. The van der Waals surface area contributed by atoms with Crippen LogP contribution in [0.1, 0.15) is 33.6 Å². The Kier molecular flexibility index (Phi) is 8.44. The number of hydrogen-bond acceptors (Lipinski definition) is 4. The minimum Gasteiger partial charge on any atom is -0.353 e. The third-order valence-corrected chi connectivity index (χ3v) is 4.88. The van der Waals surface area contributed by atoms with E-state index in [0.29, 0.717) is 32.5 Å². The second-order valence-electron chi connectivity index (χ2n) is 7.54. The van der Waals surface area contributed by atoms with Gasteiger partial charge in [-0.15, -0.1) is 0 Å². The highest BCUT2D eigenvalue weighted by atomic mass is 16.2. The Morgan fingerprint density at radius 2 is 1.75 bits per heavy atom. The summed E-state index contributed by atoms with van der Waals surface area (Å²) in [5.41, 5.74) is 0.796. The minimum absolute atomic E-state index is 0.0128. The summed E-state index contributed by atoms with van der Waals surface area (Å²) >= 11 is 0. The molecule has 1 heterocycles. The van der Waals surface area contributed by atoms with Crippen LogP contribution in [-0.4, -0.2) is 66.3 Å². The van der Waals surface area contributed by atoms with Crippen molar-refractivity contribution in [2.75, 3.05) is 38.0 Å². The van der Waals surface area contributed by atoms with Gasteiger partial charge in [-0.3, -0.25) is 19.3 Å². The average molecular weight is 389 g/mol.